The number of rotatable bonds is 6. The number of aromatic nitrogens is 2. The first-order chi connectivity index (χ1) is 16.9. The fourth-order valence-electron chi connectivity index (χ4n) is 5.19. The highest BCUT2D eigenvalue weighted by atomic mass is 35.5. The molecule has 0 saturated heterocycles. The minimum atomic E-state index is -1.06. The van der Waals surface area contributed by atoms with Gasteiger partial charge in [-0.3, -0.25) is 14.3 Å². The predicted molar refractivity (Wildman–Crippen MR) is 134 cm³/mol. The molecule has 1 atom stereocenters. The molecule has 1 fully saturated rings. The number of carbonyl (C=O) groups excluding carboxylic acids is 2. The van der Waals surface area contributed by atoms with Gasteiger partial charge >= 0.3 is 0 Å². The van der Waals surface area contributed by atoms with Crippen LogP contribution in [0.15, 0.2) is 53.1 Å². The van der Waals surface area contributed by atoms with Crippen LogP contribution in [0.2, 0.25) is 5.02 Å². The first kappa shape index (κ1) is 23.7. The SMILES string of the molecule is C[C@]1(C(=O)NC2CCCCCC2)Cn2nc(-c3ccco3)cc2C(=O)N1CCc1ccc(Cl)cc1. The van der Waals surface area contributed by atoms with E-state index in [0.29, 0.717) is 35.1 Å². The van der Waals surface area contributed by atoms with Gasteiger partial charge in [-0.05, 0) is 56.0 Å². The summed E-state index contributed by atoms with van der Waals surface area (Å²) in [4.78, 5) is 29.3. The Kier molecular flexibility index (Phi) is 6.69. The van der Waals surface area contributed by atoms with E-state index < -0.39 is 5.54 Å². The average molecular weight is 495 g/mol. The number of benzene rings is 1. The Bertz CT molecular complexity index is 1180. The van der Waals surface area contributed by atoms with E-state index in [-0.39, 0.29) is 24.4 Å². The number of nitrogens with one attached hydrogen (secondary N) is 1. The molecular weight excluding hydrogens is 464 g/mol. The third-order valence-corrected chi connectivity index (χ3v) is 7.54. The van der Waals surface area contributed by atoms with Gasteiger partial charge in [0.25, 0.3) is 5.91 Å². The monoisotopic (exact) mass is 494 g/mol. The molecule has 3 heterocycles. The maximum absolute atomic E-state index is 13.8. The smallest absolute Gasteiger partial charge is 0.273 e. The number of hydrogen-bond donors (Lipinski definition) is 1. The molecule has 2 aromatic heterocycles. The number of fused-ring (bicyclic) bond motifs is 1. The number of hydrogen-bond acceptors (Lipinski definition) is 4. The van der Waals surface area contributed by atoms with E-state index in [2.05, 4.69) is 10.4 Å². The molecule has 2 aliphatic rings. The lowest BCUT2D eigenvalue weighted by atomic mass is 9.93. The maximum atomic E-state index is 13.8. The zero-order valence-corrected chi connectivity index (χ0v) is 20.8. The summed E-state index contributed by atoms with van der Waals surface area (Å²) in [5.74, 6) is 0.278. The van der Waals surface area contributed by atoms with Crippen LogP contribution < -0.4 is 5.32 Å². The molecule has 0 unspecified atom stereocenters. The lowest BCUT2D eigenvalue weighted by molar-refractivity contribution is -0.133. The molecule has 2 amide bonds. The van der Waals surface area contributed by atoms with Gasteiger partial charge in [0.1, 0.15) is 16.9 Å². The Morgan fingerprint density at radius 2 is 1.91 bits per heavy atom. The molecule has 35 heavy (non-hydrogen) atoms. The van der Waals surface area contributed by atoms with Crippen molar-refractivity contribution in [1.29, 1.82) is 0 Å². The highest BCUT2D eigenvalue weighted by molar-refractivity contribution is 6.30. The molecule has 184 valence electrons. The van der Waals surface area contributed by atoms with Crippen LogP contribution in [0.4, 0.5) is 0 Å². The summed E-state index contributed by atoms with van der Waals surface area (Å²) in [5.41, 5.74) is 1.05. The molecule has 7 nitrogen and oxygen atoms in total. The number of halogens is 1. The second kappa shape index (κ2) is 9.90. The Labute approximate surface area is 210 Å². The van der Waals surface area contributed by atoms with Crippen LogP contribution in [0.1, 0.15) is 61.5 Å². The third-order valence-electron chi connectivity index (χ3n) is 7.29. The highest BCUT2D eigenvalue weighted by Gasteiger charge is 2.48. The second-order valence-corrected chi connectivity index (χ2v) is 10.3. The largest absolute Gasteiger partial charge is 0.463 e. The average Bonchev–Trinajstić information content (AvgIpc) is 3.45. The van der Waals surface area contributed by atoms with Crippen molar-refractivity contribution in [1.82, 2.24) is 20.0 Å². The molecule has 1 saturated carbocycles. The first-order valence-electron chi connectivity index (χ1n) is 12.4. The molecule has 1 aliphatic carbocycles. The standard InChI is InChI=1S/C27H31ClN4O3/c1-27(26(34)29-21-7-4-2-3-5-8-21)18-32-23(17-22(30-32)24-9-6-16-35-24)25(33)31(27)15-14-19-10-12-20(28)13-11-19/h6,9-13,16-17,21H,2-5,7-8,14-15,18H2,1H3,(H,29,34)/t27-/m1/s1. The zero-order valence-electron chi connectivity index (χ0n) is 20.0. The van der Waals surface area contributed by atoms with E-state index in [1.54, 1.807) is 28.0 Å². The van der Waals surface area contributed by atoms with E-state index in [4.69, 9.17) is 16.0 Å². The van der Waals surface area contributed by atoms with Crippen LogP contribution in [0, 0.1) is 0 Å². The Hall–Kier alpha value is -3.06. The molecule has 0 bridgehead atoms. The Morgan fingerprint density at radius 3 is 2.60 bits per heavy atom. The molecule has 0 radical (unpaired) electrons. The van der Waals surface area contributed by atoms with Gasteiger partial charge in [0.15, 0.2) is 5.76 Å². The summed E-state index contributed by atoms with van der Waals surface area (Å²) in [6.07, 6.45) is 8.83. The van der Waals surface area contributed by atoms with E-state index in [0.717, 1.165) is 31.2 Å². The normalized spacial score (nSPS) is 21.0. The maximum Gasteiger partial charge on any atom is 0.273 e. The van der Waals surface area contributed by atoms with Gasteiger partial charge in [0.05, 0.1) is 12.8 Å². The van der Waals surface area contributed by atoms with Crippen LogP contribution >= 0.6 is 11.6 Å². The molecule has 1 aliphatic heterocycles. The molecular formula is C27H31ClN4O3. The van der Waals surface area contributed by atoms with Crippen LogP contribution in [-0.2, 0) is 17.8 Å². The van der Waals surface area contributed by atoms with Gasteiger partial charge in [0, 0.05) is 23.7 Å². The van der Waals surface area contributed by atoms with Gasteiger partial charge in [-0.15, -0.1) is 0 Å². The molecule has 1 aromatic carbocycles. The van der Waals surface area contributed by atoms with Crippen molar-refractivity contribution in [2.24, 2.45) is 0 Å². The van der Waals surface area contributed by atoms with Crippen LogP contribution in [-0.4, -0.2) is 44.6 Å². The van der Waals surface area contributed by atoms with Crippen molar-refractivity contribution in [2.75, 3.05) is 6.54 Å². The van der Waals surface area contributed by atoms with Gasteiger partial charge in [-0.2, -0.15) is 5.10 Å². The molecule has 0 spiro atoms. The fourth-order valence-corrected chi connectivity index (χ4v) is 5.32. The molecule has 8 heteroatoms. The molecule has 1 N–H and O–H groups in total. The van der Waals surface area contributed by atoms with Gasteiger partial charge in [-0.1, -0.05) is 49.4 Å². The molecule has 5 rings (SSSR count). The number of nitrogens with zero attached hydrogens (tertiary/aromatic N) is 3. The van der Waals surface area contributed by atoms with E-state index in [1.165, 1.54) is 12.8 Å². The van der Waals surface area contributed by atoms with E-state index in [9.17, 15) is 9.59 Å². The van der Waals surface area contributed by atoms with Crippen LogP contribution in [0.5, 0.6) is 0 Å². The number of furan rings is 1. The lowest BCUT2D eigenvalue weighted by Crippen LogP contribution is -2.65. The van der Waals surface area contributed by atoms with Crippen molar-refractivity contribution in [3.8, 4) is 11.5 Å². The van der Waals surface area contributed by atoms with E-state index >= 15 is 0 Å². The Morgan fingerprint density at radius 1 is 1.17 bits per heavy atom. The Balaban J connectivity index is 1.44. The van der Waals surface area contributed by atoms with Crippen molar-refractivity contribution in [3.05, 3.63) is 65.0 Å². The molecule has 3 aromatic rings. The van der Waals surface area contributed by atoms with Crippen LogP contribution in [0.3, 0.4) is 0 Å². The summed E-state index contributed by atoms with van der Waals surface area (Å²) in [6.45, 7) is 2.56. The number of amides is 2. The number of carbonyl (C=O) groups is 2. The summed E-state index contributed by atoms with van der Waals surface area (Å²) in [5, 5.41) is 8.58. The summed E-state index contributed by atoms with van der Waals surface area (Å²) in [7, 11) is 0. The van der Waals surface area contributed by atoms with Gasteiger partial charge < -0.3 is 14.6 Å². The van der Waals surface area contributed by atoms with Crippen molar-refractivity contribution < 1.29 is 14.0 Å². The topological polar surface area (TPSA) is 80.4 Å². The third kappa shape index (κ3) is 4.87. The minimum absolute atomic E-state index is 0.116. The van der Waals surface area contributed by atoms with Crippen molar-refractivity contribution >= 4 is 23.4 Å². The van der Waals surface area contributed by atoms with Crippen molar-refractivity contribution in [2.45, 2.75) is 70.0 Å². The summed E-state index contributed by atoms with van der Waals surface area (Å²) < 4.78 is 7.15. The zero-order chi connectivity index (χ0) is 24.4. The van der Waals surface area contributed by atoms with Gasteiger partial charge in [-0.25, -0.2) is 0 Å². The minimum Gasteiger partial charge on any atom is -0.463 e. The highest BCUT2D eigenvalue weighted by Crippen LogP contribution is 2.31. The summed E-state index contributed by atoms with van der Waals surface area (Å²) in [6, 6.07) is 13.1. The van der Waals surface area contributed by atoms with Crippen molar-refractivity contribution in [3.63, 3.8) is 0 Å². The van der Waals surface area contributed by atoms with E-state index in [1.807, 2.05) is 37.3 Å². The quantitative estimate of drug-likeness (QED) is 0.484. The summed E-state index contributed by atoms with van der Waals surface area (Å²) >= 11 is 6.04. The van der Waals surface area contributed by atoms with Crippen LogP contribution in [0.25, 0.3) is 11.5 Å². The fraction of sp³-hybridized carbons (Fsp3) is 0.444. The lowest BCUT2D eigenvalue weighted by Gasteiger charge is -2.44. The first-order valence-corrected chi connectivity index (χ1v) is 12.8. The van der Waals surface area contributed by atoms with Gasteiger partial charge in [0.2, 0.25) is 5.91 Å². The predicted octanol–water partition coefficient (Wildman–Crippen LogP) is 5.09. The second-order valence-electron chi connectivity index (χ2n) is 9.82.